The Kier molecular flexibility index (Phi) is 8.54. The Labute approximate surface area is 206 Å². The van der Waals surface area contributed by atoms with Gasteiger partial charge in [-0.15, -0.1) is 0 Å². The molecule has 6 saturated heterocycles. The summed E-state index contributed by atoms with van der Waals surface area (Å²) in [6.45, 7) is 8.92. The molecule has 6 heterocycles. The van der Waals surface area contributed by atoms with Crippen LogP contribution in [0.2, 0.25) is 0 Å². The average Bonchev–Trinajstić information content (AvgIpc) is 2.75. The molecule has 6 aliphatic heterocycles. The summed E-state index contributed by atoms with van der Waals surface area (Å²) in [7, 11) is -6.29. The number of hydrogen-bond acceptors (Lipinski definition) is 9. The van der Waals surface area contributed by atoms with E-state index in [4.69, 9.17) is 26.6 Å². The van der Waals surface area contributed by atoms with Crippen molar-refractivity contribution in [1.82, 2.24) is 9.80 Å². The van der Waals surface area contributed by atoms with Gasteiger partial charge in [-0.1, -0.05) is 30.3 Å². The number of ketones is 1. The van der Waals surface area contributed by atoms with Crippen LogP contribution >= 0.6 is 0 Å². The molecule has 0 aromatic heterocycles. The minimum atomic E-state index is -2.93. The van der Waals surface area contributed by atoms with Crippen LogP contribution in [0.3, 0.4) is 0 Å². The van der Waals surface area contributed by atoms with Crippen molar-refractivity contribution in [3.05, 3.63) is 35.9 Å². The Morgan fingerprint density at radius 1 is 0.676 bits per heavy atom. The van der Waals surface area contributed by atoms with Crippen LogP contribution < -0.4 is 0 Å². The zero-order chi connectivity index (χ0) is 23.3. The molecular formula is C22H35N2O7SSi2+. The molecule has 188 valence electrons. The lowest BCUT2D eigenvalue weighted by atomic mass is 10.2. The van der Waals surface area contributed by atoms with Crippen LogP contribution in [0, 0.1) is 0 Å². The molecule has 1 aromatic rings. The number of carbonyl (C=O) groups excluding carboxylic acids is 1. The van der Waals surface area contributed by atoms with E-state index in [1.165, 1.54) is 0 Å². The Balaban J connectivity index is 1.37. The SMILES string of the molecule is O=C(C[S+](C[Si]12OCCN(CCO1)CCO2)C[Si]12OCCN(CCO1)CCO2)c1ccccc1. The normalized spacial score (nSPS) is 35.3. The molecule has 6 fully saturated rings. The summed E-state index contributed by atoms with van der Waals surface area (Å²) in [5.41, 5.74) is 0.723. The lowest BCUT2D eigenvalue weighted by Crippen LogP contribution is -2.63. The highest BCUT2D eigenvalue weighted by atomic mass is 32.2. The van der Waals surface area contributed by atoms with E-state index in [-0.39, 0.29) is 5.78 Å². The van der Waals surface area contributed by atoms with Gasteiger partial charge < -0.3 is 26.6 Å². The molecule has 0 aliphatic carbocycles. The van der Waals surface area contributed by atoms with Gasteiger partial charge in [-0.05, 0) is 0 Å². The molecule has 0 spiro atoms. The van der Waals surface area contributed by atoms with Crippen molar-refractivity contribution in [3.8, 4) is 0 Å². The van der Waals surface area contributed by atoms with Crippen LogP contribution in [0.4, 0.5) is 0 Å². The molecule has 0 amide bonds. The van der Waals surface area contributed by atoms with Crippen LogP contribution in [0.25, 0.3) is 0 Å². The van der Waals surface area contributed by atoms with Gasteiger partial charge in [0.15, 0.2) is 16.5 Å². The maximum absolute atomic E-state index is 13.3. The summed E-state index contributed by atoms with van der Waals surface area (Å²) in [4.78, 5) is 17.9. The summed E-state index contributed by atoms with van der Waals surface area (Å²) in [6, 6.07) is 9.49. The number of carbonyl (C=O) groups is 1. The first-order chi connectivity index (χ1) is 16.6. The lowest BCUT2D eigenvalue weighted by Gasteiger charge is -2.39. The molecule has 0 N–H and O–H groups in total. The Morgan fingerprint density at radius 2 is 1.06 bits per heavy atom. The molecule has 12 heteroatoms. The van der Waals surface area contributed by atoms with Crippen LogP contribution in [-0.2, 0) is 37.5 Å². The van der Waals surface area contributed by atoms with E-state index >= 15 is 0 Å². The maximum atomic E-state index is 13.3. The van der Waals surface area contributed by atoms with Gasteiger partial charge >= 0.3 is 17.6 Å². The minimum absolute atomic E-state index is 0.116. The van der Waals surface area contributed by atoms with Gasteiger partial charge in [0.05, 0.1) is 39.6 Å². The van der Waals surface area contributed by atoms with Crippen molar-refractivity contribution in [3.63, 3.8) is 0 Å². The number of benzene rings is 1. The molecule has 0 atom stereocenters. The number of rotatable bonds is 7. The Hall–Kier alpha value is -0.646. The largest absolute Gasteiger partial charge is 0.553 e. The highest BCUT2D eigenvalue weighted by molar-refractivity contribution is 8.00. The van der Waals surface area contributed by atoms with Gasteiger partial charge in [0.25, 0.3) is 0 Å². The van der Waals surface area contributed by atoms with E-state index in [1.807, 2.05) is 30.3 Å². The summed E-state index contributed by atoms with van der Waals surface area (Å²) in [5, 5.41) is 1.20. The van der Waals surface area contributed by atoms with Crippen LogP contribution in [0.15, 0.2) is 30.3 Å². The zero-order valence-corrected chi connectivity index (χ0v) is 22.5. The van der Waals surface area contributed by atoms with Crippen LogP contribution in [0.1, 0.15) is 10.4 Å². The van der Waals surface area contributed by atoms with Gasteiger partial charge in [0, 0.05) is 55.7 Å². The highest BCUT2D eigenvalue weighted by Gasteiger charge is 2.57. The van der Waals surface area contributed by atoms with Gasteiger partial charge in [0.2, 0.25) is 5.78 Å². The average molecular weight is 528 g/mol. The molecule has 34 heavy (non-hydrogen) atoms. The van der Waals surface area contributed by atoms with Gasteiger partial charge in [0.1, 0.15) is 0 Å². The smallest absolute Gasteiger partial charge is 0.369 e. The first-order valence-electron chi connectivity index (χ1n) is 12.1. The summed E-state index contributed by atoms with van der Waals surface area (Å²) >= 11 is 0. The lowest BCUT2D eigenvalue weighted by molar-refractivity contribution is -0.00520. The minimum Gasteiger partial charge on any atom is -0.369 e. The standard InChI is InChI=1S/C22H35N2O7SSi2/c25-22(21-4-2-1-3-5-21)18-32(19-33-26-12-6-23(7-13-27-33)8-14-28-33)20-34-29-15-9-24(10-16-30-34)11-17-31-34/h1-5H,6-20H2/q+1. The number of fused-ring (bicyclic) bond motifs is 12. The molecule has 4 bridgehead atoms. The van der Waals surface area contributed by atoms with Crippen molar-refractivity contribution < 1.29 is 31.4 Å². The topological polar surface area (TPSA) is 78.9 Å². The van der Waals surface area contributed by atoms with Crippen LogP contribution in [-0.4, -0.2) is 129 Å². The van der Waals surface area contributed by atoms with Gasteiger partial charge in [-0.3, -0.25) is 14.6 Å². The number of Topliss-reactive ketones (excluding diaryl/α,β-unsaturated/α-hetero) is 1. The summed E-state index contributed by atoms with van der Waals surface area (Å²) < 4.78 is 38.0. The second-order valence-corrected chi connectivity index (χ2v) is 17.3. The third-order valence-electron chi connectivity index (χ3n) is 6.57. The third-order valence-corrected chi connectivity index (χ3v) is 17.2. The Bertz CT molecular complexity index is 731. The number of nitrogens with zero attached hydrogens (tertiary/aromatic N) is 2. The second-order valence-electron chi connectivity index (χ2n) is 8.97. The van der Waals surface area contributed by atoms with Crippen molar-refractivity contribution in [2.75, 3.05) is 95.4 Å². The predicted molar refractivity (Wildman–Crippen MR) is 133 cm³/mol. The fourth-order valence-corrected chi connectivity index (χ4v) is 16.3. The zero-order valence-electron chi connectivity index (χ0n) is 19.7. The van der Waals surface area contributed by atoms with Crippen molar-refractivity contribution in [2.45, 2.75) is 0 Å². The molecule has 0 saturated carbocycles. The molecule has 9 nitrogen and oxygen atoms in total. The molecule has 0 unspecified atom stereocenters. The monoisotopic (exact) mass is 527 g/mol. The maximum Gasteiger partial charge on any atom is 0.553 e. The summed E-state index contributed by atoms with van der Waals surface area (Å²) in [5.74, 6) is 0.503. The molecule has 7 rings (SSSR count). The molecule has 1 aromatic carbocycles. The van der Waals surface area contributed by atoms with Gasteiger partial charge in [-0.25, -0.2) is 0 Å². The van der Waals surface area contributed by atoms with Crippen molar-refractivity contribution in [1.29, 1.82) is 0 Å². The second kappa shape index (κ2) is 11.6. The van der Waals surface area contributed by atoms with Crippen molar-refractivity contribution in [2.24, 2.45) is 0 Å². The first kappa shape index (κ1) is 25.0. The quantitative estimate of drug-likeness (QED) is 0.281. The first-order valence-corrected chi connectivity index (χ1v) is 17.7. The molecule has 0 radical (unpaired) electrons. The fourth-order valence-electron chi connectivity index (χ4n) is 4.70. The van der Waals surface area contributed by atoms with E-state index in [0.717, 1.165) is 44.8 Å². The molecular weight excluding hydrogens is 492 g/mol. The fraction of sp³-hybridized carbons (Fsp3) is 0.682. The highest BCUT2D eigenvalue weighted by Crippen LogP contribution is 2.25. The summed E-state index contributed by atoms with van der Waals surface area (Å²) in [6.07, 6.45) is 0. The Morgan fingerprint density at radius 3 is 1.44 bits per heavy atom. The van der Waals surface area contributed by atoms with E-state index in [2.05, 4.69) is 9.80 Å². The van der Waals surface area contributed by atoms with Crippen LogP contribution in [0.5, 0.6) is 0 Å². The predicted octanol–water partition coefficient (Wildman–Crippen LogP) is 0.202. The third kappa shape index (κ3) is 6.37. The van der Waals surface area contributed by atoms with Crippen molar-refractivity contribution >= 4 is 34.3 Å². The van der Waals surface area contributed by atoms with E-state index in [9.17, 15) is 4.79 Å². The van der Waals surface area contributed by atoms with Gasteiger partial charge in [-0.2, -0.15) is 0 Å². The molecule has 6 aliphatic rings. The van der Waals surface area contributed by atoms with E-state index in [1.54, 1.807) is 0 Å². The van der Waals surface area contributed by atoms with E-state index in [0.29, 0.717) is 56.1 Å². The number of hydrogen-bond donors (Lipinski definition) is 0. The van der Waals surface area contributed by atoms with E-state index < -0.39 is 28.5 Å².